The van der Waals surface area contributed by atoms with Gasteiger partial charge in [0.05, 0.1) is 24.2 Å². The maximum atomic E-state index is 12.3. The lowest BCUT2D eigenvalue weighted by molar-refractivity contribution is 0.357. The fraction of sp³-hybridized carbons (Fsp3) is 0.250. The predicted molar refractivity (Wildman–Crippen MR) is 104 cm³/mol. The van der Waals surface area contributed by atoms with Crippen molar-refractivity contribution in [3.63, 3.8) is 0 Å². The summed E-state index contributed by atoms with van der Waals surface area (Å²) in [6, 6.07) is 15.6. The second kappa shape index (κ2) is 7.54. The Kier molecular flexibility index (Phi) is 4.96. The number of rotatable bonds is 7. The van der Waals surface area contributed by atoms with Crippen molar-refractivity contribution in [2.24, 2.45) is 0 Å². The molecule has 4 rings (SSSR count). The average Bonchev–Trinajstić information content (AvgIpc) is 3.34. The summed E-state index contributed by atoms with van der Waals surface area (Å²) in [6.45, 7) is 0.933. The van der Waals surface area contributed by atoms with Crippen LogP contribution in [0.25, 0.3) is 5.69 Å². The molecule has 3 aromatic rings. The molecule has 0 amide bonds. The van der Waals surface area contributed by atoms with E-state index in [9.17, 15) is 8.42 Å². The number of hydrogen-bond donors (Lipinski definition) is 1. The fourth-order valence-electron chi connectivity index (χ4n) is 3.09. The van der Waals surface area contributed by atoms with Crippen LogP contribution < -0.4 is 9.46 Å². The van der Waals surface area contributed by atoms with Gasteiger partial charge in [0.25, 0.3) is 0 Å². The van der Waals surface area contributed by atoms with Gasteiger partial charge in [0.15, 0.2) is 0 Å². The number of hydrogen-bond acceptors (Lipinski definition) is 4. The van der Waals surface area contributed by atoms with E-state index in [1.54, 1.807) is 10.9 Å². The molecule has 1 N–H and O–H groups in total. The molecule has 0 radical (unpaired) electrons. The standard InChI is InChI=1S/C20H21N3O3S/c24-27(25,11-9-16-6-7-20-18(12-16)8-10-26-20)22-14-17-13-21-23(15-17)19-4-2-1-3-5-19/h1-7,12-13,15,22H,8-11,14H2. The van der Waals surface area contributed by atoms with Crippen LogP contribution in [0.15, 0.2) is 60.9 Å². The minimum absolute atomic E-state index is 0.0550. The van der Waals surface area contributed by atoms with Gasteiger partial charge in [-0.15, -0.1) is 0 Å². The highest BCUT2D eigenvalue weighted by Crippen LogP contribution is 2.26. The quantitative estimate of drug-likeness (QED) is 0.680. The molecule has 0 spiro atoms. The van der Waals surface area contributed by atoms with E-state index >= 15 is 0 Å². The first-order valence-corrected chi connectivity index (χ1v) is 10.6. The van der Waals surface area contributed by atoms with Crippen LogP contribution in [0.1, 0.15) is 16.7 Å². The smallest absolute Gasteiger partial charge is 0.212 e. The van der Waals surface area contributed by atoms with E-state index < -0.39 is 10.0 Å². The van der Waals surface area contributed by atoms with Crippen LogP contribution in [0.2, 0.25) is 0 Å². The molecule has 0 bridgehead atoms. The summed E-state index contributed by atoms with van der Waals surface area (Å²) in [5.41, 5.74) is 3.93. The molecular weight excluding hydrogens is 362 g/mol. The number of para-hydroxylation sites is 1. The Balaban J connectivity index is 1.33. The lowest BCUT2D eigenvalue weighted by Crippen LogP contribution is -2.26. The summed E-state index contributed by atoms with van der Waals surface area (Å²) >= 11 is 0. The highest BCUT2D eigenvalue weighted by molar-refractivity contribution is 7.89. The largest absolute Gasteiger partial charge is 0.493 e. The van der Waals surface area contributed by atoms with Crippen LogP contribution >= 0.6 is 0 Å². The summed E-state index contributed by atoms with van der Waals surface area (Å²) < 4.78 is 34.5. The Hall–Kier alpha value is -2.64. The van der Waals surface area contributed by atoms with Crippen molar-refractivity contribution in [1.29, 1.82) is 0 Å². The van der Waals surface area contributed by atoms with Gasteiger partial charge in [-0.3, -0.25) is 0 Å². The Bertz CT molecular complexity index is 1030. The summed E-state index contributed by atoms with van der Waals surface area (Å²) in [4.78, 5) is 0. The van der Waals surface area contributed by atoms with Gasteiger partial charge in [-0.2, -0.15) is 5.10 Å². The number of nitrogens with zero attached hydrogens (tertiary/aromatic N) is 2. The van der Waals surface area contributed by atoms with Crippen molar-refractivity contribution in [3.8, 4) is 11.4 Å². The molecule has 6 nitrogen and oxygen atoms in total. The fourth-order valence-corrected chi connectivity index (χ4v) is 4.12. The molecule has 0 aliphatic carbocycles. The van der Waals surface area contributed by atoms with E-state index in [4.69, 9.17) is 4.74 Å². The number of ether oxygens (including phenoxy) is 1. The van der Waals surface area contributed by atoms with Crippen molar-refractivity contribution in [2.45, 2.75) is 19.4 Å². The van der Waals surface area contributed by atoms with Crippen molar-refractivity contribution in [3.05, 3.63) is 77.6 Å². The summed E-state index contributed by atoms with van der Waals surface area (Å²) in [5.74, 6) is 0.967. The van der Waals surface area contributed by atoms with Gasteiger partial charge < -0.3 is 4.74 Å². The molecule has 2 heterocycles. The van der Waals surface area contributed by atoms with E-state index in [1.807, 2.05) is 54.7 Å². The third kappa shape index (κ3) is 4.37. The zero-order chi connectivity index (χ0) is 18.7. The third-order valence-corrected chi connectivity index (χ3v) is 5.89. The summed E-state index contributed by atoms with van der Waals surface area (Å²) in [5, 5.41) is 4.28. The number of aromatic nitrogens is 2. The van der Waals surface area contributed by atoms with Gasteiger partial charge in [-0.05, 0) is 35.7 Å². The van der Waals surface area contributed by atoms with Crippen LogP contribution in [-0.4, -0.2) is 30.6 Å². The van der Waals surface area contributed by atoms with E-state index in [-0.39, 0.29) is 12.3 Å². The normalized spacial score (nSPS) is 13.3. The van der Waals surface area contributed by atoms with E-state index in [1.165, 1.54) is 0 Å². The second-order valence-electron chi connectivity index (χ2n) is 6.56. The number of fused-ring (bicyclic) bond motifs is 1. The van der Waals surface area contributed by atoms with Crippen LogP contribution in [0.3, 0.4) is 0 Å². The molecule has 1 aromatic heterocycles. The van der Waals surface area contributed by atoms with E-state index in [2.05, 4.69) is 9.82 Å². The summed E-state index contributed by atoms with van der Waals surface area (Å²) in [7, 11) is -3.37. The molecule has 0 saturated carbocycles. The first-order valence-electron chi connectivity index (χ1n) is 8.90. The first kappa shape index (κ1) is 17.8. The Morgan fingerprint density at radius 2 is 1.96 bits per heavy atom. The zero-order valence-electron chi connectivity index (χ0n) is 14.8. The monoisotopic (exact) mass is 383 g/mol. The minimum Gasteiger partial charge on any atom is -0.493 e. The molecule has 140 valence electrons. The van der Waals surface area contributed by atoms with E-state index in [0.29, 0.717) is 13.0 Å². The average molecular weight is 383 g/mol. The first-order chi connectivity index (χ1) is 13.1. The van der Waals surface area contributed by atoms with Crippen molar-refractivity contribution in [1.82, 2.24) is 14.5 Å². The lowest BCUT2D eigenvalue weighted by Gasteiger charge is -2.07. The lowest BCUT2D eigenvalue weighted by atomic mass is 10.1. The Morgan fingerprint density at radius 3 is 2.81 bits per heavy atom. The second-order valence-corrected chi connectivity index (χ2v) is 8.49. The zero-order valence-corrected chi connectivity index (χ0v) is 15.7. The van der Waals surface area contributed by atoms with Gasteiger partial charge in [0, 0.05) is 24.7 Å². The molecular formula is C20H21N3O3S. The molecule has 7 heteroatoms. The highest BCUT2D eigenvalue weighted by Gasteiger charge is 2.15. The number of aryl methyl sites for hydroxylation is 1. The molecule has 0 saturated heterocycles. The molecule has 1 aliphatic heterocycles. The van der Waals surface area contributed by atoms with E-state index in [0.717, 1.165) is 34.5 Å². The molecule has 1 aliphatic rings. The van der Waals surface area contributed by atoms with Crippen LogP contribution in [0, 0.1) is 0 Å². The molecule has 0 atom stereocenters. The van der Waals surface area contributed by atoms with Crippen LogP contribution in [0.5, 0.6) is 5.75 Å². The number of benzene rings is 2. The molecule has 27 heavy (non-hydrogen) atoms. The van der Waals surface area contributed by atoms with Gasteiger partial charge >= 0.3 is 0 Å². The molecule has 0 unspecified atom stereocenters. The Morgan fingerprint density at radius 1 is 1.11 bits per heavy atom. The van der Waals surface area contributed by atoms with Gasteiger partial charge in [0.2, 0.25) is 10.0 Å². The van der Waals surface area contributed by atoms with Crippen LogP contribution in [-0.2, 0) is 29.4 Å². The topological polar surface area (TPSA) is 73.2 Å². The minimum atomic E-state index is -3.37. The van der Waals surface area contributed by atoms with Crippen molar-refractivity contribution in [2.75, 3.05) is 12.4 Å². The van der Waals surface area contributed by atoms with Crippen LogP contribution in [0.4, 0.5) is 0 Å². The van der Waals surface area contributed by atoms with Crippen molar-refractivity contribution >= 4 is 10.0 Å². The highest BCUT2D eigenvalue weighted by atomic mass is 32.2. The Labute approximate surface area is 158 Å². The maximum absolute atomic E-state index is 12.3. The van der Waals surface area contributed by atoms with Gasteiger partial charge in [0.1, 0.15) is 5.75 Å². The number of sulfonamides is 1. The third-order valence-electron chi connectivity index (χ3n) is 4.57. The van der Waals surface area contributed by atoms with Crippen molar-refractivity contribution < 1.29 is 13.2 Å². The maximum Gasteiger partial charge on any atom is 0.212 e. The predicted octanol–water partition coefficient (Wildman–Crippen LogP) is 2.47. The summed E-state index contributed by atoms with van der Waals surface area (Å²) in [6.07, 6.45) is 4.87. The molecule has 2 aromatic carbocycles. The number of nitrogens with one attached hydrogen (secondary N) is 1. The molecule has 0 fully saturated rings. The van der Waals surface area contributed by atoms with Gasteiger partial charge in [-0.25, -0.2) is 17.8 Å². The van der Waals surface area contributed by atoms with Gasteiger partial charge in [-0.1, -0.05) is 30.3 Å². The SMILES string of the molecule is O=S(=O)(CCc1ccc2c(c1)CCO2)NCc1cnn(-c2ccccc2)c1.